The first-order valence-corrected chi connectivity index (χ1v) is 14.4. The Bertz CT molecular complexity index is 1160. The molecule has 0 bridgehead atoms. The van der Waals surface area contributed by atoms with Crippen LogP contribution in [-0.4, -0.2) is 34.6 Å². The average Bonchev–Trinajstić information content (AvgIpc) is 2.92. The summed E-state index contributed by atoms with van der Waals surface area (Å²) >= 11 is 7.50. The molecule has 1 atom stereocenters. The fourth-order valence-corrected chi connectivity index (χ4v) is 5.74. The Balaban J connectivity index is 1.61. The van der Waals surface area contributed by atoms with Crippen LogP contribution in [0, 0.1) is 6.92 Å². The highest BCUT2D eigenvalue weighted by Gasteiger charge is 2.32. The Morgan fingerprint density at radius 2 is 1.62 bits per heavy atom. The first-order chi connectivity index (χ1) is 18.0. The molecule has 194 valence electrons. The third kappa shape index (κ3) is 8.11. The molecule has 1 N–H and O–H groups in total. The smallest absolute Gasteiger partial charge is 0.243 e. The van der Waals surface area contributed by atoms with Gasteiger partial charge in [-0.25, -0.2) is 0 Å². The average molecular weight is 535 g/mol. The van der Waals surface area contributed by atoms with Crippen molar-refractivity contribution in [2.75, 3.05) is 5.75 Å². The number of benzene rings is 3. The van der Waals surface area contributed by atoms with E-state index in [0.29, 0.717) is 18.0 Å². The molecule has 1 unspecified atom stereocenters. The van der Waals surface area contributed by atoms with E-state index in [1.165, 1.54) is 18.2 Å². The van der Waals surface area contributed by atoms with Gasteiger partial charge in [0, 0.05) is 28.9 Å². The van der Waals surface area contributed by atoms with E-state index in [2.05, 4.69) is 18.3 Å². The molecule has 0 spiro atoms. The Hall–Kier alpha value is -2.76. The molecule has 1 fully saturated rings. The minimum atomic E-state index is -0.595. The molecule has 0 radical (unpaired) electrons. The van der Waals surface area contributed by atoms with Crippen molar-refractivity contribution in [1.29, 1.82) is 0 Å². The van der Waals surface area contributed by atoms with Gasteiger partial charge in [0.25, 0.3) is 0 Å². The van der Waals surface area contributed by atoms with E-state index in [-0.39, 0.29) is 23.6 Å². The van der Waals surface area contributed by atoms with Crippen LogP contribution in [0.1, 0.15) is 48.8 Å². The Kier molecular flexibility index (Phi) is 10.1. The third-order valence-corrected chi connectivity index (χ3v) is 8.25. The summed E-state index contributed by atoms with van der Waals surface area (Å²) in [5.74, 6) is 0.132. The number of rotatable bonds is 10. The molecular weight excluding hydrogens is 500 g/mol. The van der Waals surface area contributed by atoms with Crippen molar-refractivity contribution in [3.63, 3.8) is 0 Å². The van der Waals surface area contributed by atoms with E-state index in [9.17, 15) is 9.59 Å². The molecule has 37 heavy (non-hydrogen) atoms. The predicted molar refractivity (Wildman–Crippen MR) is 153 cm³/mol. The first-order valence-electron chi connectivity index (χ1n) is 13.1. The molecule has 1 aliphatic carbocycles. The van der Waals surface area contributed by atoms with Crippen molar-refractivity contribution < 1.29 is 9.59 Å². The highest BCUT2D eigenvalue weighted by atomic mass is 35.5. The number of carbonyl (C=O) groups excluding carboxylic acids is 2. The van der Waals surface area contributed by atoms with Gasteiger partial charge in [-0.1, -0.05) is 85.5 Å². The molecule has 2 amide bonds. The highest BCUT2D eigenvalue weighted by Crippen LogP contribution is 2.24. The van der Waals surface area contributed by atoms with Gasteiger partial charge in [-0.05, 0) is 60.7 Å². The van der Waals surface area contributed by atoms with Crippen molar-refractivity contribution in [3.8, 4) is 0 Å². The predicted octanol–water partition coefficient (Wildman–Crippen LogP) is 6.83. The quantitative estimate of drug-likeness (QED) is 0.290. The Labute approximate surface area is 229 Å². The van der Waals surface area contributed by atoms with E-state index >= 15 is 0 Å². The normalized spacial score (nSPS) is 14.6. The van der Waals surface area contributed by atoms with E-state index < -0.39 is 6.04 Å². The molecule has 1 saturated carbocycles. The van der Waals surface area contributed by atoms with Crippen molar-refractivity contribution >= 4 is 35.2 Å². The summed E-state index contributed by atoms with van der Waals surface area (Å²) in [6.45, 7) is 2.44. The molecule has 1 aliphatic rings. The molecule has 3 aromatic rings. The summed E-state index contributed by atoms with van der Waals surface area (Å²) in [6, 6.07) is 25.1. The molecule has 0 heterocycles. The lowest BCUT2D eigenvalue weighted by molar-refractivity contribution is -0.139. The number of hydrogen-bond acceptors (Lipinski definition) is 3. The van der Waals surface area contributed by atoms with E-state index in [0.717, 1.165) is 47.3 Å². The Morgan fingerprint density at radius 1 is 0.946 bits per heavy atom. The summed E-state index contributed by atoms with van der Waals surface area (Å²) < 4.78 is 0. The summed E-state index contributed by atoms with van der Waals surface area (Å²) in [5.41, 5.74) is 3.20. The zero-order valence-electron chi connectivity index (χ0n) is 21.4. The van der Waals surface area contributed by atoms with Crippen LogP contribution in [0.15, 0.2) is 83.8 Å². The first kappa shape index (κ1) is 27.3. The molecular formula is C31H35ClN2O2S. The molecule has 4 rings (SSSR count). The van der Waals surface area contributed by atoms with Gasteiger partial charge >= 0.3 is 0 Å². The fraction of sp³-hybridized carbons (Fsp3) is 0.355. The zero-order chi connectivity index (χ0) is 26.0. The lowest BCUT2D eigenvalue weighted by atomic mass is 9.94. The summed E-state index contributed by atoms with van der Waals surface area (Å²) in [6.07, 6.45) is 5.97. The maximum absolute atomic E-state index is 13.8. The minimum Gasteiger partial charge on any atom is -0.352 e. The van der Waals surface area contributed by atoms with Crippen LogP contribution in [0.5, 0.6) is 0 Å². The second kappa shape index (κ2) is 13.7. The van der Waals surface area contributed by atoms with Gasteiger partial charge in [0.15, 0.2) is 0 Å². The largest absolute Gasteiger partial charge is 0.352 e. The molecule has 3 aromatic carbocycles. The lowest BCUT2D eigenvalue weighted by Gasteiger charge is -2.33. The minimum absolute atomic E-state index is 0.0528. The molecule has 0 aliphatic heterocycles. The third-order valence-electron chi connectivity index (χ3n) is 7.00. The van der Waals surface area contributed by atoms with Crippen molar-refractivity contribution in [2.45, 2.75) is 69.0 Å². The van der Waals surface area contributed by atoms with Gasteiger partial charge < -0.3 is 10.2 Å². The second-order valence-corrected chi connectivity index (χ2v) is 11.2. The number of hydrogen-bond donors (Lipinski definition) is 1. The molecule has 0 saturated heterocycles. The van der Waals surface area contributed by atoms with Gasteiger partial charge in [-0.3, -0.25) is 9.59 Å². The van der Waals surface area contributed by atoms with E-state index in [1.54, 1.807) is 4.90 Å². The maximum atomic E-state index is 13.8. The lowest BCUT2D eigenvalue weighted by Crippen LogP contribution is -2.53. The number of carbonyl (C=O) groups is 2. The van der Waals surface area contributed by atoms with Crippen LogP contribution in [0.3, 0.4) is 0 Å². The molecule has 6 heteroatoms. The van der Waals surface area contributed by atoms with Gasteiger partial charge in [0.05, 0.1) is 5.75 Å². The fourth-order valence-electron chi connectivity index (χ4n) is 4.83. The summed E-state index contributed by atoms with van der Waals surface area (Å²) in [5, 5.41) is 3.97. The standard InChI is InChI=1S/C31H35ClN2O2S/c1-23-10-8-9-13-25(23)21-34(30(35)22-37-28-18-16-26(32)17-19-28)29(20-24-11-4-2-5-12-24)31(36)33-27-14-6-3-7-15-27/h2,4-5,8-13,16-19,27,29H,3,6-7,14-15,20-22H2,1H3,(H,33,36). The number of nitrogens with zero attached hydrogens (tertiary/aromatic N) is 1. The number of aryl methyl sites for hydroxylation is 1. The molecule has 0 aromatic heterocycles. The van der Waals surface area contributed by atoms with Gasteiger partial charge in [-0.2, -0.15) is 0 Å². The van der Waals surface area contributed by atoms with Crippen LogP contribution in [0.2, 0.25) is 5.02 Å². The highest BCUT2D eigenvalue weighted by molar-refractivity contribution is 8.00. The van der Waals surface area contributed by atoms with Crippen molar-refractivity contribution in [2.24, 2.45) is 0 Å². The zero-order valence-corrected chi connectivity index (χ0v) is 22.9. The maximum Gasteiger partial charge on any atom is 0.243 e. The SMILES string of the molecule is Cc1ccccc1CN(C(=O)CSc1ccc(Cl)cc1)C(Cc1ccccc1)C(=O)NC1CCCCC1. The molecule has 4 nitrogen and oxygen atoms in total. The van der Waals surface area contributed by atoms with Crippen LogP contribution in [0.4, 0.5) is 0 Å². The number of nitrogens with one attached hydrogen (secondary N) is 1. The second-order valence-electron chi connectivity index (χ2n) is 9.74. The van der Waals surface area contributed by atoms with E-state index in [1.807, 2.05) is 72.8 Å². The van der Waals surface area contributed by atoms with Gasteiger partial charge in [-0.15, -0.1) is 11.8 Å². The summed E-state index contributed by atoms with van der Waals surface area (Å²) in [7, 11) is 0. The van der Waals surface area contributed by atoms with Gasteiger partial charge in [0.2, 0.25) is 11.8 Å². The van der Waals surface area contributed by atoms with Crippen molar-refractivity contribution in [1.82, 2.24) is 10.2 Å². The monoisotopic (exact) mass is 534 g/mol. The number of thioether (sulfide) groups is 1. The Morgan fingerprint density at radius 3 is 2.32 bits per heavy atom. The number of halogens is 1. The van der Waals surface area contributed by atoms with Gasteiger partial charge in [0.1, 0.15) is 6.04 Å². The topological polar surface area (TPSA) is 49.4 Å². The number of amides is 2. The van der Waals surface area contributed by atoms with Crippen LogP contribution >= 0.6 is 23.4 Å². The van der Waals surface area contributed by atoms with Crippen LogP contribution in [0.25, 0.3) is 0 Å². The van der Waals surface area contributed by atoms with E-state index in [4.69, 9.17) is 11.6 Å². The van der Waals surface area contributed by atoms with Crippen molar-refractivity contribution in [3.05, 3.63) is 101 Å². The summed E-state index contributed by atoms with van der Waals surface area (Å²) in [4.78, 5) is 30.4. The van der Waals surface area contributed by atoms with Crippen LogP contribution in [-0.2, 0) is 22.6 Å². The van der Waals surface area contributed by atoms with Crippen LogP contribution < -0.4 is 5.32 Å².